The highest BCUT2D eigenvalue weighted by Gasteiger charge is 2.18. The second-order valence-electron chi connectivity index (χ2n) is 6.36. The van der Waals surface area contributed by atoms with Crippen molar-refractivity contribution >= 4 is 0 Å². The number of piperidine rings is 1. The van der Waals surface area contributed by atoms with Crippen molar-refractivity contribution in [3.63, 3.8) is 0 Å². The summed E-state index contributed by atoms with van der Waals surface area (Å²) in [6.07, 6.45) is 6.03. The molecule has 0 aliphatic carbocycles. The number of benzene rings is 1. The molecule has 0 atom stereocenters. The van der Waals surface area contributed by atoms with E-state index in [0.717, 1.165) is 44.6 Å². The van der Waals surface area contributed by atoms with Crippen molar-refractivity contribution in [2.24, 2.45) is 0 Å². The van der Waals surface area contributed by atoms with Gasteiger partial charge in [0, 0.05) is 31.5 Å². The van der Waals surface area contributed by atoms with Gasteiger partial charge in [-0.1, -0.05) is 6.07 Å². The Morgan fingerprint density at radius 3 is 2.61 bits per heavy atom. The van der Waals surface area contributed by atoms with Crippen LogP contribution in [0.1, 0.15) is 29.5 Å². The van der Waals surface area contributed by atoms with Gasteiger partial charge >= 0.3 is 0 Å². The van der Waals surface area contributed by atoms with E-state index in [9.17, 15) is 4.39 Å². The van der Waals surface area contributed by atoms with Gasteiger partial charge in [0.1, 0.15) is 5.82 Å². The molecule has 0 saturated carbocycles. The summed E-state index contributed by atoms with van der Waals surface area (Å²) in [7, 11) is 0. The van der Waals surface area contributed by atoms with Gasteiger partial charge in [-0.15, -0.1) is 0 Å². The first-order valence-electron chi connectivity index (χ1n) is 8.30. The van der Waals surface area contributed by atoms with Gasteiger partial charge in [0.2, 0.25) is 0 Å². The molecule has 1 fully saturated rings. The average Bonchev–Trinajstić information content (AvgIpc) is 2.56. The number of halogens is 1. The monoisotopic (exact) mass is 313 g/mol. The second-order valence-corrected chi connectivity index (χ2v) is 6.36. The van der Waals surface area contributed by atoms with Crippen molar-refractivity contribution in [3.8, 4) is 0 Å². The minimum atomic E-state index is -0.157. The molecule has 2 aromatic rings. The molecule has 122 valence electrons. The van der Waals surface area contributed by atoms with E-state index in [1.165, 1.54) is 11.1 Å². The lowest BCUT2D eigenvalue weighted by Gasteiger charge is -2.32. The van der Waals surface area contributed by atoms with Crippen molar-refractivity contribution in [1.82, 2.24) is 15.2 Å². The molecule has 1 N–H and O–H groups in total. The molecule has 1 aromatic carbocycles. The van der Waals surface area contributed by atoms with E-state index >= 15 is 0 Å². The molecule has 0 spiro atoms. The fourth-order valence-corrected chi connectivity index (χ4v) is 3.15. The normalized spacial score (nSPS) is 16.6. The van der Waals surface area contributed by atoms with Crippen LogP contribution in [0.2, 0.25) is 0 Å². The lowest BCUT2D eigenvalue weighted by Crippen LogP contribution is -2.41. The van der Waals surface area contributed by atoms with E-state index in [1.807, 2.05) is 25.4 Å². The van der Waals surface area contributed by atoms with Gasteiger partial charge in [-0.05, 0) is 73.8 Å². The maximum atomic E-state index is 13.1. The molecule has 0 radical (unpaired) electrons. The zero-order valence-electron chi connectivity index (χ0n) is 13.6. The summed E-state index contributed by atoms with van der Waals surface area (Å²) in [5.74, 6) is -0.157. The molecule has 0 bridgehead atoms. The van der Waals surface area contributed by atoms with Gasteiger partial charge < -0.3 is 5.32 Å². The van der Waals surface area contributed by atoms with Gasteiger partial charge in [0.15, 0.2) is 0 Å². The molecule has 0 amide bonds. The Bertz CT molecular complexity index is 622. The van der Waals surface area contributed by atoms with Crippen LogP contribution in [0.25, 0.3) is 0 Å². The van der Waals surface area contributed by atoms with Crippen LogP contribution in [0.3, 0.4) is 0 Å². The lowest BCUT2D eigenvalue weighted by molar-refractivity contribution is 0.190. The minimum Gasteiger partial charge on any atom is -0.310 e. The number of pyridine rings is 1. The van der Waals surface area contributed by atoms with E-state index in [-0.39, 0.29) is 5.82 Å². The molecule has 23 heavy (non-hydrogen) atoms. The zero-order valence-corrected chi connectivity index (χ0v) is 13.6. The van der Waals surface area contributed by atoms with Crippen molar-refractivity contribution in [1.29, 1.82) is 0 Å². The molecule has 1 saturated heterocycles. The molecule has 1 aromatic heterocycles. The Balaban J connectivity index is 1.44. The van der Waals surface area contributed by atoms with E-state index in [0.29, 0.717) is 6.04 Å². The van der Waals surface area contributed by atoms with E-state index in [4.69, 9.17) is 0 Å². The summed E-state index contributed by atoms with van der Waals surface area (Å²) in [6.45, 7) is 6.02. The summed E-state index contributed by atoms with van der Waals surface area (Å²) >= 11 is 0. The quantitative estimate of drug-likeness (QED) is 0.918. The Labute approximate surface area is 137 Å². The smallest absolute Gasteiger partial charge is 0.123 e. The first kappa shape index (κ1) is 16.1. The summed E-state index contributed by atoms with van der Waals surface area (Å²) < 4.78 is 13.1. The standard InChI is InChI=1S/C19H24FN3/c1-15-12-18(20)3-2-17(15)13-22-19-6-10-23(11-7-19)14-16-4-8-21-9-5-16/h2-5,8-9,12,19,22H,6-7,10-11,13-14H2,1H3. The predicted octanol–water partition coefficient (Wildman–Crippen LogP) is 3.28. The van der Waals surface area contributed by atoms with Crippen LogP contribution in [-0.4, -0.2) is 29.0 Å². The van der Waals surface area contributed by atoms with Crippen LogP contribution in [0.5, 0.6) is 0 Å². The maximum Gasteiger partial charge on any atom is 0.123 e. The highest BCUT2D eigenvalue weighted by atomic mass is 19.1. The fraction of sp³-hybridized carbons (Fsp3) is 0.421. The van der Waals surface area contributed by atoms with Gasteiger partial charge in [-0.3, -0.25) is 9.88 Å². The van der Waals surface area contributed by atoms with Gasteiger partial charge in [-0.25, -0.2) is 4.39 Å². The number of hydrogen-bond acceptors (Lipinski definition) is 3. The minimum absolute atomic E-state index is 0.157. The number of aromatic nitrogens is 1. The number of hydrogen-bond donors (Lipinski definition) is 1. The molecule has 2 heterocycles. The lowest BCUT2D eigenvalue weighted by atomic mass is 10.0. The Morgan fingerprint density at radius 2 is 1.91 bits per heavy atom. The number of likely N-dealkylation sites (tertiary alicyclic amines) is 1. The highest BCUT2D eigenvalue weighted by molar-refractivity contribution is 5.26. The maximum absolute atomic E-state index is 13.1. The number of aryl methyl sites for hydroxylation is 1. The zero-order chi connectivity index (χ0) is 16.1. The first-order valence-corrected chi connectivity index (χ1v) is 8.30. The van der Waals surface area contributed by atoms with Gasteiger partial charge in [0.25, 0.3) is 0 Å². The van der Waals surface area contributed by atoms with Gasteiger partial charge in [-0.2, -0.15) is 0 Å². The topological polar surface area (TPSA) is 28.2 Å². The van der Waals surface area contributed by atoms with Crippen LogP contribution >= 0.6 is 0 Å². The number of nitrogens with zero attached hydrogens (tertiary/aromatic N) is 2. The summed E-state index contributed by atoms with van der Waals surface area (Å²) in [6, 6.07) is 9.75. The average molecular weight is 313 g/mol. The molecule has 3 rings (SSSR count). The third-order valence-electron chi connectivity index (χ3n) is 4.63. The van der Waals surface area contributed by atoms with Crippen LogP contribution in [0, 0.1) is 12.7 Å². The SMILES string of the molecule is Cc1cc(F)ccc1CNC1CCN(Cc2ccncc2)CC1. The van der Waals surface area contributed by atoms with Crippen LogP contribution < -0.4 is 5.32 Å². The molecule has 4 heteroatoms. The predicted molar refractivity (Wildman–Crippen MR) is 90.5 cm³/mol. The third kappa shape index (κ3) is 4.60. The third-order valence-corrected chi connectivity index (χ3v) is 4.63. The molecular weight excluding hydrogens is 289 g/mol. The van der Waals surface area contributed by atoms with Crippen LogP contribution in [0.4, 0.5) is 4.39 Å². The van der Waals surface area contributed by atoms with Crippen molar-refractivity contribution in [2.75, 3.05) is 13.1 Å². The van der Waals surface area contributed by atoms with Crippen molar-refractivity contribution in [3.05, 3.63) is 65.2 Å². The van der Waals surface area contributed by atoms with Crippen molar-refractivity contribution < 1.29 is 4.39 Å². The van der Waals surface area contributed by atoms with E-state index < -0.39 is 0 Å². The molecule has 3 nitrogen and oxygen atoms in total. The van der Waals surface area contributed by atoms with Crippen LogP contribution in [0.15, 0.2) is 42.7 Å². The van der Waals surface area contributed by atoms with Crippen LogP contribution in [-0.2, 0) is 13.1 Å². The molecular formula is C19H24FN3. The Morgan fingerprint density at radius 1 is 1.17 bits per heavy atom. The Kier molecular flexibility index (Phi) is 5.36. The molecule has 1 aliphatic rings. The Hall–Kier alpha value is -1.78. The summed E-state index contributed by atoms with van der Waals surface area (Å²) in [5.41, 5.74) is 3.53. The highest BCUT2D eigenvalue weighted by Crippen LogP contribution is 2.15. The molecule has 1 aliphatic heterocycles. The largest absolute Gasteiger partial charge is 0.310 e. The first-order chi connectivity index (χ1) is 11.2. The number of nitrogens with one attached hydrogen (secondary N) is 1. The fourth-order valence-electron chi connectivity index (χ4n) is 3.15. The molecule has 0 unspecified atom stereocenters. The van der Waals surface area contributed by atoms with Crippen molar-refractivity contribution in [2.45, 2.75) is 38.9 Å². The summed E-state index contributed by atoms with van der Waals surface area (Å²) in [5, 5.41) is 3.62. The van der Waals surface area contributed by atoms with E-state index in [1.54, 1.807) is 12.1 Å². The summed E-state index contributed by atoms with van der Waals surface area (Å²) in [4.78, 5) is 6.56. The number of rotatable bonds is 5. The van der Waals surface area contributed by atoms with E-state index in [2.05, 4.69) is 27.3 Å². The van der Waals surface area contributed by atoms with Gasteiger partial charge in [0.05, 0.1) is 0 Å². The second kappa shape index (κ2) is 7.66.